The molecular formula is C41H63NO10S. The number of carboxylic acids is 1. The molecule has 6 rings (SSSR count). The Kier molecular flexibility index (Phi) is 10.4. The molecule has 12 heteroatoms. The summed E-state index contributed by atoms with van der Waals surface area (Å²) >= 11 is 1.18. The van der Waals surface area contributed by atoms with Crippen molar-refractivity contribution in [2.75, 3.05) is 19.4 Å². The molecule has 1 saturated heterocycles. The number of aliphatic hydroxyl groups is 3. The molecule has 53 heavy (non-hydrogen) atoms. The van der Waals surface area contributed by atoms with Crippen LogP contribution in [0.1, 0.15) is 113 Å². The highest BCUT2D eigenvalue weighted by atomic mass is 32.2. The summed E-state index contributed by atoms with van der Waals surface area (Å²) in [6, 6.07) is -0.0952. The van der Waals surface area contributed by atoms with Crippen LogP contribution in [0.5, 0.6) is 0 Å². The van der Waals surface area contributed by atoms with E-state index in [9.17, 15) is 39.6 Å². The number of carbonyl (C=O) groups is 4. The molecule has 1 aliphatic heterocycles. The Bertz CT molecular complexity index is 1550. The van der Waals surface area contributed by atoms with E-state index in [0.29, 0.717) is 25.1 Å². The fraction of sp³-hybridized carbons (Fsp3) is 0.854. The maximum absolute atomic E-state index is 14.8. The minimum absolute atomic E-state index is 0.00924. The van der Waals surface area contributed by atoms with Crippen LogP contribution in [0.25, 0.3) is 0 Å². The molecule has 0 radical (unpaired) electrons. The van der Waals surface area contributed by atoms with E-state index >= 15 is 0 Å². The van der Waals surface area contributed by atoms with E-state index in [1.807, 2.05) is 17.9 Å². The zero-order valence-corrected chi connectivity index (χ0v) is 34.0. The van der Waals surface area contributed by atoms with Gasteiger partial charge in [-0.25, -0.2) is 4.79 Å². The van der Waals surface area contributed by atoms with Gasteiger partial charge in [-0.3, -0.25) is 14.4 Å². The summed E-state index contributed by atoms with van der Waals surface area (Å²) in [5.74, 6) is -1.05. The fourth-order valence-electron chi connectivity index (χ4n) is 13.0. The molecule has 5 aliphatic carbocycles. The van der Waals surface area contributed by atoms with E-state index in [1.54, 1.807) is 6.92 Å². The number of nitrogens with zero attached hydrogens (tertiary/aromatic N) is 1. The van der Waals surface area contributed by atoms with Gasteiger partial charge >= 0.3 is 11.9 Å². The maximum Gasteiger partial charge on any atom is 0.337 e. The third kappa shape index (κ3) is 6.05. The number of hydrogen-bond donors (Lipinski definition) is 4. The van der Waals surface area contributed by atoms with E-state index < -0.39 is 47.2 Å². The molecule has 14 atom stereocenters. The predicted molar refractivity (Wildman–Crippen MR) is 199 cm³/mol. The third-order valence-corrected chi connectivity index (χ3v) is 17.6. The smallest absolute Gasteiger partial charge is 0.337 e. The van der Waals surface area contributed by atoms with Gasteiger partial charge in [-0.15, -0.1) is 11.8 Å². The summed E-state index contributed by atoms with van der Waals surface area (Å²) in [6.45, 7) is 17.7. The number of amides is 1. The van der Waals surface area contributed by atoms with Crippen LogP contribution in [-0.4, -0.2) is 104 Å². The van der Waals surface area contributed by atoms with E-state index in [0.717, 1.165) is 52.1 Å². The van der Waals surface area contributed by atoms with Crippen molar-refractivity contribution in [2.24, 2.45) is 50.2 Å². The van der Waals surface area contributed by atoms with Gasteiger partial charge in [0.1, 0.15) is 23.7 Å². The monoisotopic (exact) mass is 761 g/mol. The van der Waals surface area contributed by atoms with E-state index in [4.69, 9.17) is 9.47 Å². The van der Waals surface area contributed by atoms with Gasteiger partial charge in [0.25, 0.3) is 0 Å². The van der Waals surface area contributed by atoms with Crippen LogP contribution in [0, 0.1) is 50.2 Å². The second-order valence-corrected chi connectivity index (χ2v) is 20.6. The van der Waals surface area contributed by atoms with Crippen molar-refractivity contribution in [3.8, 4) is 0 Å². The van der Waals surface area contributed by atoms with Crippen molar-refractivity contribution < 1.29 is 49.1 Å². The Hall–Kier alpha value is -1.99. The first-order valence-corrected chi connectivity index (χ1v) is 20.7. The number of allylic oxidation sites excluding steroid dienone is 2. The third-order valence-electron chi connectivity index (χ3n) is 16.5. The Labute approximate surface area is 319 Å². The fourth-order valence-corrected chi connectivity index (χ4v) is 14.1. The first kappa shape index (κ1) is 40.7. The van der Waals surface area contributed by atoms with Gasteiger partial charge in [0.05, 0.1) is 12.5 Å². The zero-order valence-electron chi connectivity index (χ0n) is 33.1. The van der Waals surface area contributed by atoms with Gasteiger partial charge in [-0.2, -0.15) is 0 Å². The average molecular weight is 762 g/mol. The number of esters is 1. The van der Waals surface area contributed by atoms with E-state index in [1.165, 1.54) is 17.3 Å². The molecule has 0 aromatic heterocycles. The number of methoxy groups -OCH3 is 1. The summed E-state index contributed by atoms with van der Waals surface area (Å²) in [7, 11) is 1.16. The second-order valence-electron chi connectivity index (χ2n) is 19.4. The normalized spacial score (nSPS) is 47.5. The molecule has 0 bridgehead atoms. The van der Waals surface area contributed by atoms with Gasteiger partial charge in [-0.1, -0.05) is 47.1 Å². The Morgan fingerprint density at radius 1 is 0.925 bits per heavy atom. The van der Waals surface area contributed by atoms with E-state index in [2.05, 4.69) is 41.5 Å². The molecule has 0 spiro atoms. The molecule has 11 nitrogen and oxygen atoms in total. The minimum Gasteiger partial charge on any atom is -0.481 e. The Morgan fingerprint density at radius 3 is 2.21 bits per heavy atom. The number of carbonyl (C=O) groups excluding carboxylic acids is 3. The van der Waals surface area contributed by atoms with Crippen molar-refractivity contribution in [3.05, 3.63) is 11.6 Å². The van der Waals surface area contributed by atoms with Crippen molar-refractivity contribution in [3.63, 3.8) is 0 Å². The topological polar surface area (TPSA) is 171 Å². The molecule has 6 aliphatic rings. The average Bonchev–Trinajstić information content (AvgIpc) is 3.08. The van der Waals surface area contributed by atoms with Gasteiger partial charge in [-0.05, 0) is 110 Å². The van der Waals surface area contributed by atoms with Crippen LogP contribution < -0.4 is 0 Å². The number of carboxylic acid groups (broad SMARTS) is 1. The number of thioether (sulfide) groups is 1. The Balaban J connectivity index is 1.23. The molecule has 0 aromatic carbocycles. The molecule has 1 amide bonds. The lowest BCUT2D eigenvalue weighted by atomic mass is 9.33. The highest BCUT2D eigenvalue weighted by Crippen LogP contribution is 2.75. The van der Waals surface area contributed by atoms with Crippen LogP contribution in [0.2, 0.25) is 0 Å². The van der Waals surface area contributed by atoms with Crippen LogP contribution in [0.4, 0.5) is 0 Å². The largest absolute Gasteiger partial charge is 0.481 e. The van der Waals surface area contributed by atoms with Crippen molar-refractivity contribution in [2.45, 2.75) is 149 Å². The first-order valence-electron chi connectivity index (χ1n) is 19.7. The van der Waals surface area contributed by atoms with Gasteiger partial charge in [0.15, 0.2) is 11.9 Å². The summed E-state index contributed by atoms with van der Waals surface area (Å²) in [4.78, 5) is 54.7. The number of ketones is 1. The van der Waals surface area contributed by atoms with Crippen molar-refractivity contribution in [1.29, 1.82) is 0 Å². The molecule has 0 unspecified atom stereocenters. The minimum atomic E-state index is -1.63. The first-order chi connectivity index (χ1) is 24.5. The number of ether oxygens (including phenoxy) is 2. The van der Waals surface area contributed by atoms with Crippen molar-refractivity contribution >= 4 is 35.4 Å². The number of hydrogen-bond acceptors (Lipinski definition) is 10. The number of fused-ring (bicyclic) bond motifs is 7. The number of aliphatic hydroxyl groups excluding tert-OH is 3. The van der Waals surface area contributed by atoms with E-state index in [-0.39, 0.29) is 62.6 Å². The summed E-state index contributed by atoms with van der Waals surface area (Å²) in [6.07, 6.45) is 3.34. The van der Waals surface area contributed by atoms with Crippen LogP contribution in [-0.2, 0) is 28.7 Å². The molecule has 5 fully saturated rings. The van der Waals surface area contributed by atoms with Crippen LogP contribution in [0.15, 0.2) is 11.6 Å². The van der Waals surface area contributed by atoms with Gasteiger partial charge in [0.2, 0.25) is 5.91 Å². The summed E-state index contributed by atoms with van der Waals surface area (Å²) in [5, 5.41) is 41.6. The molecular weight excluding hydrogens is 699 g/mol. The van der Waals surface area contributed by atoms with Crippen LogP contribution >= 0.6 is 11.8 Å². The molecule has 0 aromatic rings. The second kappa shape index (κ2) is 13.6. The maximum atomic E-state index is 14.8. The quantitative estimate of drug-likeness (QED) is 0.258. The van der Waals surface area contributed by atoms with Crippen LogP contribution in [0.3, 0.4) is 0 Å². The molecule has 4 saturated carbocycles. The predicted octanol–water partition coefficient (Wildman–Crippen LogP) is 4.98. The number of aliphatic carboxylic acids is 1. The van der Waals surface area contributed by atoms with Gasteiger partial charge < -0.3 is 34.8 Å². The highest BCUT2D eigenvalue weighted by molar-refractivity contribution is 7.99. The Morgan fingerprint density at radius 2 is 1.58 bits per heavy atom. The highest BCUT2D eigenvalue weighted by Gasteiger charge is 2.70. The lowest BCUT2D eigenvalue weighted by molar-refractivity contribution is -0.211. The molecule has 298 valence electrons. The van der Waals surface area contributed by atoms with Crippen molar-refractivity contribution in [1.82, 2.24) is 4.90 Å². The molecule has 1 heterocycles. The lowest BCUT2D eigenvalue weighted by Gasteiger charge is -2.71. The SMILES string of the molecule is COC(=O)[C@H]1O[C@@H](SCCN(C(C)=O)[C@H]2CC[C@]3(C)[C@H]4C(=O)C=C5[C@@H]6C[C@@](C)(C(=O)O)CC[C@]6(C)CC[C@@]5(C)[C@]4(C)CC[C@H]3C2(C)C)[C@H](O)[C@@H](O)[C@@H]1O. The lowest BCUT2D eigenvalue weighted by Crippen LogP contribution is -2.68. The number of rotatable bonds is 7. The summed E-state index contributed by atoms with van der Waals surface area (Å²) < 4.78 is 10.4. The standard InChI is InChI=1S/C41H63NO10S/c1-22(43)42(18-19-53-34-30(47)28(45)29(46)31(52-34)33(48)51-9)27-11-12-39(6)26(36(27,2)3)10-13-41(8)32(39)25(44)20-23-24-21-38(5,35(49)50)15-14-37(24,4)16-17-40(23,41)7/h20,24,26-32,34,45-47H,10-19,21H2,1-9H3,(H,49,50)/t24-,26-,27-,28-,29-,30+,31-,32+,34-,37+,38-,39-,40+,41+/m0/s1. The zero-order chi connectivity index (χ0) is 39.3. The molecule has 4 N–H and O–H groups in total. The van der Waals surface area contributed by atoms with Gasteiger partial charge in [0, 0.05) is 31.2 Å². The summed E-state index contributed by atoms with van der Waals surface area (Å²) in [5.41, 5.74) is -1.74.